The van der Waals surface area contributed by atoms with Crippen LogP contribution >= 0.6 is 0 Å². The first-order chi connectivity index (χ1) is 13.0. The summed E-state index contributed by atoms with van der Waals surface area (Å²) in [5.41, 5.74) is 2.04. The molecule has 1 aromatic heterocycles. The number of hydrogen-bond acceptors (Lipinski definition) is 5. The standard InChI is InChI=1S/C21H27N3O4/c1-13-8-7-9-17(14(13)2)27-18-11-10-16(12-22-18)24-19(25)15(3)23-20(26)28-21(4,5)6/h7-12,15H,1-6H3,(H,23,26)(H,24,25)/t15-/m1/s1. The number of nitrogens with zero attached hydrogens (tertiary/aromatic N) is 1. The quantitative estimate of drug-likeness (QED) is 0.799. The maximum absolute atomic E-state index is 12.2. The predicted molar refractivity (Wildman–Crippen MR) is 108 cm³/mol. The van der Waals surface area contributed by atoms with E-state index in [2.05, 4.69) is 15.6 Å². The van der Waals surface area contributed by atoms with Crippen molar-refractivity contribution in [1.82, 2.24) is 10.3 Å². The minimum atomic E-state index is -0.763. The maximum atomic E-state index is 12.2. The number of pyridine rings is 1. The van der Waals surface area contributed by atoms with Crippen LogP contribution in [0.5, 0.6) is 11.6 Å². The number of carbonyl (C=O) groups excluding carboxylic acids is 2. The highest BCUT2D eigenvalue weighted by atomic mass is 16.6. The van der Waals surface area contributed by atoms with Crippen LogP contribution in [0.25, 0.3) is 0 Å². The van der Waals surface area contributed by atoms with Gasteiger partial charge in [0.1, 0.15) is 17.4 Å². The van der Waals surface area contributed by atoms with Crippen molar-refractivity contribution >= 4 is 17.7 Å². The molecule has 2 rings (SSSR count). The smallest absolute Gasteiger partial charge is 0.408 e. The summed E-state index contributed by atoms with van der Waals surface area (Å²) in [4.78, 5) is 28.2. The lowest BCUT2D eigenvalue weighted by molar-refractivity contribution is -0.117. The fourth-order valence-corrected chi connectivity index (χ4v) is 2.26. The van der Waals surface area contributed by atoms with Crippen molar-refractivity contribution in [3.8, 4) is 11.6 Å². The summed E-state index contributed by atoms with van der Waals surface area (Å²) in [5.74, 6) is 0.780. The Kier molecular flexibility index (Phi) is 6.62. The molecular weight excluding hydrogens is 358 g/mol. The molecule has 0 unspecified atom stereocenters. The molecule has 0 radical (unpaired) electrons. The minimum absolute atomic E-state index is 0.379. The molecule has 0 aliphatic carbocycles. The Labute approximate surface area is 165 Å². The third kappa shape index (κ3) is 6.26. The lowest BCUT2D eigenvalue weighted by Gasteiger charge is -2.21. The van der Waals surface area contributed by atoms with Gasteiger partial charge in [-0.2, -0.15) is 0 Å². The molecule has 150 valence electrons. The van der Waals surface area contributed by atoms with E-state index < -0.39 is 17.7 Å². The van der Waals surface area contributed by atoms with Crippen molar-refractivity contribution in [2.24, 2.45) is 0 Å². The van der Waals surface area contributed by atoms with E-state index in [-0.39, 0.29) is 5.91 Å². The van der Waals surface area contributed by atoms with Gasteiger partial charge in [0, 0.05) is 6.07 Å². The van der Waals surface area contributed by atoms with Gasteiger partial charge in [-0.1, -0.05) is 12.1 Å². The van der Waals surface area contributed by atoms with Crippen LogP contribution in [0.1, 0.15) is 38.8 Å². The normalized spacial score (nSPS) is 12.1. The third-order valence-electron chi connectivity index (χ3n) is 3.90. The second kappa shape index (κ2) is 8.73. The molecule has 0 bridgehead atoms. The van der Waals surface area contributed by atoms with Gasteiger partial charge >= 0.3 is 6.09 Å². The van der Waals surface area contributed by atoms with Gasteiger partial charge in [0.25, 0.3) is 0 Å². The summed E-state index contributed by atoms with van der Waals surface area (Å²) in [6.45, 7) is 10.8. The predicted octanol–water partition coefficient (Wildman–Crippen LogP) is 4.34. The lowest BCUT2D eigenvalue weighted by atomic mass is 10.1. The first kappa shape index (κ1) is 21.2. The van der Waals surface area contributed by atoms with Crippen molar-refractivity contribution < 1.29 is 19.1 Å². The second-order valence-corrected chi connectivity index (χ2v) is 7.54. The molecular formula is C21H27N3O4. The molecule has 1 heterocycles. The van der Waals surface area contributed by atoms with Crippen LogP contribution in [-0.2, 0) is 9.53 Å². The van der Waals surface area contributed by atoms with Crippen molar-refractivity contribution in [2.45, 2.75) is 53.2 Å². The van der Waals surface area contributed by atoms with E-state index in [1.165, 1.54) is 6.20 Å². The van der Waals surface area contributed by atoms with E-state index in [9.17, 15) is 9.59 Å². The van der Waals surface area contributed by atoms with Crippen LogP contribution in [0, 0.1) is 13.8 Å². The van der Waals surface area contributed by atoms with Crippen LogP contribution in [-0.4, -0.2) is 28.6 Å². The number of ether oxygens (including phenoxy) is 2. The monoisotopic (exact) mass is 385 g/mol. The third-order valence-corrected chi connectivity index (χ3v) is 3.90. The highest BCUT2D eigenvalue weighted by molar-refractivity contribution is 5.96. The molecule has 0 spiro atoms. The largest absolute Gasteiger partial charge is 0.444 e. The molecule has 28 heavy (non-hydrogen) atoms. The van der Waals surface area contributed by atoms with Crippen LogP contribution < -0.4 is 15.4 Å². The van der Waals surface area contributed by atoms with E-state index >= 15 is 0 Å². The van der Waals surface area contributed by atoms with Gasteiger partial charge in [-0.3, -0.25) is 4.79 Å². The molecule has 0 fully saturated rings. The molecule has 2 N–H and O–H groups in total. The minimum Gasteiger partial charge on any atom is -0.444 e. The number of anilines is 1. The Morgan fingerprint density at radius 3 is 2.43 bits per heavy atom. The highest BCUT2D eigenvalue weighted by Gasteiger charge is 2.21. The van der Waals surface area contributed by atoms with Gasteiger partial charge in [-0.05, 0) is 64.8 Å². The summed E-state index contributed by atoms with van der Waals surface area (Å²) < 4.78 is 10.9. The summed E-state index contributed by atoms with van der Waals surface area (Å²) in [6, 6.07) is 8.41. The average Bonchev–Trinajstić information content (AvgIpc) is 2.58. The Morgan fingerprint density at radius 2 is 1.82 bits per heavy atom. The topological polar surface area (TPSA) is 89.6 Å². The molecule has 0 saturated heterocycles. The van der Waals surface area contributed by atoms with Crippen molar-refractivity contribution in [1.29, 1.82) is 0 Å². The second-order valence-electron chi connectivity index (χ2n) is 7.54. The zero-order valence-electron chi connectivity index (χ0n) is 17.1. The number of aryl methyl sites for hydroxylation is 1. The Bertz CT molecular complexity index is 842. The van der Waals surface area contributed by atoms with E-state index in [0.717, 1.165) is 16.9 Å². The molecule has 1 aromatic carbocycles. The number of benzene rings is 1. The summed E-state index contributed by atoms with van der Waals surface area (Å²) in [6.07, 6.45) is 0.851. The molecule has 7 heteroatoms. The molecule has 0 aliphatic rings. The SMILES string of the molecule is Cc1cccc(Oc2ccc(NC(=O)[C@@H](C)NC(=O)OC(C)(C)C)cn2)c1C. The number of amides is 2. The maximum Gasteiger partial charge on any atom is 0.408 e. The van der Waals surface area contributed by atoms with Crippen molar-refractivity contribution in [3.05, 3.63) is 47.7 Å². The van der Waals surface area contributed by atoms with E-state index in [4.69, 9.17) is 9.47 Å². The number of nitrogens with one attached hydrogen (secondary N) is 2. The lowest BCUT2D eigenvalue weighted by Crippen LogP contribution is -2.43. The van der Waals surface area contributed by atoms with Crippen LogP contribution in [0.3, 0.4) is 0 Å². The zero-order valence-corrected chi connectivity index (χ0v) is 17.1. The van der Waals surface area contributed by atoms with Gasteiger partial charge in [0.2, 0.25) is 11.8 Å². The number of alkyl carbamates (subject to hydrolysis) is 1. The number of hydrogen-bond donors (Lipinski definition) is 2. The fraction of sp³-hybridized carbons (Fsp3) is 0.381. The van der Waals surface area contributed by atoms with Crippen LogP contribution in [0.15, 0.2) is 36.5 Å². The van der Waals surface area contributed by atoms with E-state index in [1.807, 2.05) is 32.0 Å². The first-order valence-electron chi connectivity index (χ1n) is 9.05. The Morgan fingerprint density at radius 1 is 1.11 bits per heavy atom. The highest BCUT2D eigenvalue weighted by Crippen LogP contribution is 2.26. The van der Waals surface area contributed by atoms with Gasteiger partial charge in [-0.25, -0.2) is 9.78 Å². The van der Waals surface area contributed by atoms with Crippen molar-refractivity contribution in [2.75, 3.05) is 5.32 Å². The van der Waals surface area contributed by atoms with Crippen LogP contribution in [0.4, 0.5) is 10.5 Å². The number of aromatic nitrogens is 1. The summed E-state index contributed by atoms with van der Waals surface area (Å²) in [7, 11) is 0. The molecule has 2 aromatic rings. The van der Waals surface area contributed by atoms with Gasteiger partial charge < -0.3 is 20.1 Å². The zero-order chi connectivity index (χ0) is 20.9. The molecule has 7 nitrogen and oxygen atoms in total. The van der Waals surface area contributed by atoms with Crippen LogP contribution in [0.2, 0.25) is 0 Å². The van der Waals surface area contributed by atoms with Gasteiger partial charge in [-0.15, -0.1) is 0 Å². The Hall–Kier alpha value is -3.09. The summed E-state index contributed by atoms with van der Waals surface area (Å²) >= 11 is 0. The first-order valence-corrected chi connectivity index (χ1v) is 9.05. The number of carbonyl (C=O) groups is 2. The molecule has 0 aliphatic heterocycles. The number of rotatable bonds is 5. The average molecular weight is 385 g/mol. The van der Waals surface area contributed by atoms with E-state index in [1.54, 1.807) is 39.8 Å². The molecule has 0 saturated carbocycles. The van der Waals surface area contributed by atoms with Crippen molar-refractivity contribution in [3.63, 3.8) is 0 Å². The molecule has 1 atom stereocenters. The van der Waals surface area contributed by atoms with Gasteiger partial charge in [0.15, 0.2) is 0 Å². The van der Waals surface area contributed by atoms with Gasteiger partial charge in [0.05, 0.1) is 11.9 Å². The molecule has 2 amide bonds. The Balaban J connectivity index is 1.93. The fourth-order valence-electron chi connectivity index (χ4n) is 2.26. The summed E-state index contributed by atoms with van der Waals surface area (Å²) in [5, 5.41) is 5.19. The van der Waals surface area contributed by atoms with E-state index in [0.29, 0.717) is 11.6 Å².